The number of fused-ring (bicyclic) bond motifs is 1. The van der Waals surface area contributed by atoms with Gasteiger partial charge in [0.2, 0.25) is 5.91 Å². The number of nitrogens with zero attached hydrogens (tertiary/aromatic N) is 2. The lowest BCUT2D eigenvalue weighted by atomic mass is 9.95. The molecule has 1 fully saturated rings. The van der Waals surface area contributed by atoms with E-state index in [-0.39, 0.29) is 17.6 Å². The van der Waals surface area contributed by atoms with Crippen LogP contribution in [0.2, 0.25) is 0 Å². The van der Waals surface area contributed by atoms with Crippen LogP contribution in [-0.4, -0.2) is 35.5 Å². The Labute approximate surface area is 141 Å². The average molecular weight is 323 g/mol. The summed E-state index contributed by atoms with van der Waals surface area (Å²) in [6.07, 6.45) is 2.16. The van der Waals surface area contributed by atoms with Gasteiger partial charge in [-0.05, 0) is 38.1 Å². The van der Waals surface area contributed by atoms with Crippen LogP contribution >= 0.6 is 0 Å². The quantitative estimate of drug-likeness (QED) is 0.906. The fraction of sp³-hybridized carbons (Fsp3) is 0.368. The van der Waals surface area contributed by atoms with Crippen molar-refractivity contribution in [3.63, 3.8) is 0 Å². The highest BCUT2D eigenvalue weighted by molar-refractivity contribution is 6.04. The van der Waals surface area contributed by atoms with Crippen LogP contribution in [0.3, 0.4) is 0 Å². The molecule has 1 aliphatic rings. The molecule has 1 amide bonds. The largest absolute Gasteiger partial charge is 0.507 e. The summed E-state index contributed by atoms with van der Waals surface area (Å²) in [6, 6.07) is 13.0. The van der Waals surface area contributed by atoms with Crippen LogP contribution in [0.25, 0.3) is 10.8 Å². The number of amides is 1. The first-order valence-corrected chi connectivity index (χ1v) is 8.30. The van der Waals surface area contributed by atoms with Gasteiger partial charge in [-0.3, -0.25) is 4.79 Å². The second-order valence-corrected chi connectivity index (χ2v) is 6.19. The summed E-state index contributed by atoms with van der Waals surface area (Å²) in [4.78, 5) is 14.8. The summed E-state index contributed by atoms with van der Waals surface area (Å²) < 4.78 is 0. The van der Waals surface area contributed by atoms with Crippen molar-refractivity contribution in [2.24, 2.45) is 5.92 Å². The zero-order valence-corrected chi connectivity index (χ0v) is 13.5. The third-order valence-corrected chi connectivity index (χ3v) is 4.66. The van der Waals surface area contributed by atoms with Gasteiger partial charge in [0.05, 0.1) is 6.07 Å². The molecule has 24 heavy (non-hydrogen) atoms. The van der Waals surface area contributed by atoms with Gasteiger partial charge in [0.15, 0.2) is 0 Å². The number of hydrogen-bond acceptors (Lipinski definition) is 4. The Morgan fingerprint density at radius 1 is 1.21 bits per heavy atom. The highest BCUT2D eigenvalue weighted by Crippen LogP contribution is 2.30. The van der Waals surface area contributed by atoms with E-state index >= 15 is 0 Å². The van der Waals surface area contributed by atoms with E-state index in [1.54, 1.807) is 12.1 Å². The van der Waals surface area contributed by atoms with Gasteiger partial charge >= 0.3 is 0 Å². The maximum atomic E-state index is 12.6. The Balaban J connectivity index is 1.66. The molecule has 0 spiro atoms. The number of rotatable bonds is 4. The Bertz CT molecular complexity index is 774. The molecule has 2 aromatic rings. The number of phenolic OH excluding ortho intramolecular Hbond substituents is 1. The van der Waals surface area contributed by atoms with E-state index in [4.69, 9.17) is 5.26 Å². The van der Waals surface area contributed by atoms with E-state index in [1.165, 1.54) is 0 Å². The number of carbonyl (C=O) groups is 1. The minimum Gasteiger partial charge on any atom is -0.507 e. The molecule has 0 aromatic heterocycles. The second kappa shape index (κ2) is 7.33. The van der Waals surface area contributed by atoms with Crippen LogP contribution < -0.4 is 5.32 Å². The highest BCUT2D eigenvalue weighted by atomic mass is 16.3. The number of benzene rings is 2. The van der Waals surface area contributed by atoms with Crippen molar-refractivity contribution >= 4 is 22.4 Å². The van der Waals surface area contributed by atoms with Gasteiger partial charge in [-0.25, -0.2) is 0 Å². The molecule has 1 heterocycles. The van der Waals surface area contributed by atoms with Gasteiger partial charge in [-0.15, -0.1) is 0 Å². The van der Waals surface area contributed by atoms with Gasteiger partial charge in [0, 0.05) is 35.3 Å². The minimum absolute atomic E-state index is 0.00380. The number of anilines is 1. The molecule has 1 saturated heterocycles. The SMILES string of the molecule is N#CCCN1CCC(C(=O)Nc2cccc3c(O)cccc23)CC1. The third-order valence-electron chi connectivity index (χ3n) is 4.66. The van der Waals surface area contributed by atoms with Crippen LogP contribution in [0.4, 0.5) is 5.69 Å². The molecule has 5 heteroatoms. The number of aromatic hydroxyl groups is 1. The molecular weight excluding hydrogens is 302 g/mol. The zero-order chi connectivity index (χ0) is 16.9. The van der Waals surface area contributed by atoms with E-state index in [1.807, 2.05) is 24.3 Å². The number of carbonyl (C=O) groups excluding carboxylic acids is 1. The van der Waals surface area contributed by atoms with Gasteiger partial charge in [-0.1, -0.05) is 24.3 Å². The smallest absolute Gasteiger partial charge is 0.227 e. The van der Waals surface area contributed by atoms with E-state index in [2.05, 4.69) is 16.3 Å². The van der Waals surface area contributed by atoms with Crippen molar-refractivity contribution in [2.45, 2.75) is 19.3 Å². The van der Waals surface area contributed by atoms with Crippen LogP contribution in [0.15, 0.2) is 36.4 Å². The first kappa shape index (κ1) is 16.3. The predicted octanol–water partition coefficient (Wildman–Crippen LogP) is 3.11. The molecule has 0 aliphatic carbocycles. The molecule has 2 aromatic carbocycles. The fourth-order valence-corrected chi connectivity index (χ4v) is 3.26. The monoisotopic (exact) mass is 323 g/mol. The molecule has 0 unspecified atom stereocenters. The fourth-order valence-electron chi connectivity index (χ4n) is 3.26. The predicted molar refractivity (Wildman–Crippen MR) is 93.6 cm³/mol. The van der Waals surface area contributed by atoms with Gasteiger partial charge < -0.3 is 15.3 Å². The van der Waals surface area contributed by atoms with Gasteiger partial charge in [0.25, 0.3) is 0 Å². The molecule has 5 nitrogen and oxygen atoms in total. The maximum Gasteiger partial charge on any atom is 0.227 e. The van der Waals surface area contributed by atoms with Crippen molar-refractivity contribution in [3.8, 4) is 11.8 Å². The molecule has 0 radical (unpaired) electrons. The average Bonchev–Trinajstić information content (AvgIpc) is 2.61. The van der Waals surface area contributed by atoms with Gasteiger partial charge in [0.1, 0.15) is 5.75 Å². The first-order valence-electron chi connectivity index (χ1n) is 8.30. The van der Waals surface area contributed by atoms with Crippen molar-refractivity contribution in [3.05, 3.63) is 36.4 Å². The molecule has 0 saturated carbocycles. The summed E-state index contributed by atoms with van der Waals surface area (Å²) in [5, 5.41) is 23.2. The van der Waals surface area contributed by atoms with Gasteiger partial charge in [-0.2, -0.15) is 5.26 Å². The third kappa shape index (κ3) is 3.50. The van der Waals surface area contributed by atoms with Crippen LogP contribution in [0.1, 0.15) is 19.3 Å². The van der Waals surface area contributed by atoms with Crippen LogP contribution in [0.5, 0.6) is 5.75 Å². The standard InChI is InChI=1S/C19H21N3O2/c20-10-3-11-22-12-8-14(9-13-22)19(24)21-17-6-1-5-16-15(17)4-2-7-18(16)23/h1-2,4-7,14,23H,3,8-9,11-13H2,(H,21,24). The van der Waals surface area contributed by atoms with Crippen molar-refractivity contribution in [2.75, 3.05) is 25.0 Å². The van der Waals surface area contributed by atoms with E-state index < -0.39 is 0 Å². The molecule has 0 atom stereocenters. The summed E-state index contributed by atoms with van der Waals surface area (Å²) >= 11 is 0. The topological polar surface area (TPSA) is 76.4 Å². The Hall–Kier alpha value is -2.58. The first-order chi connectivity index (χ1) is 11.7. The number of piperidine rings is 1. The molecule has 1 aliphatic heterocycles. The summed E-state index contributed by atoms with van der Waals surface area (Å²) in [5.74, 6) is 0.246. The molecule has 2 N–H and O–H groups in total. The minimum atomic E-state index is -0.00380. The molecule has 3 rings (SSSR count). The van der Waals surface area contributed by atoms with E-state index in [0.717, 1.165) is 48.9 Å². The zero-order valence-electron chi connectivity index (χ0n) is 13.5. The van der Waals surface area contributed by atoms with Crippen molar-refractivity contribution < 1.29 is 9.90 Å². The summed E-state index contributed by atoms with van der Waals surface area (Å²) in [7, 11) is 0. The number of likely N-dealkylation sites (tertiary alicyclic amines) is 1. The summed E-state index contributed by atoms with van der Waals surface area (Å²) in [5.41, 5.74) is 0.736. The maximum absolute atomic E-state index is 12.6. The Kier molecular flexibility index (Phi) is 4.97. The van der Waals surface area contributed by atoms with Crippen molar-refractivity contribution in [1.82, 2.24) is 4.90 Å². The number of hydrogen-bond donors (Lipinski definition) is 2. The van der Waals surface area contributed by atoms with E-state index in [0.29, 0.717) is 6.42 Å². The van der Waals surface area contributed by atoms with E-state index in [9.17, 15) is 9.90 Å². The Morgan fingerprint density at radius 3 is 2.67 bits per heavy atom. The van der Waals surface area contributed by atoms with Crippen LogP contribution in [-0.2, 0) is 4.79 Å². The highest BCUT2D eigenvalue weighted by Gasteiger charge is 2.25. The molecule has 124 valence electrons. The van der Waals surface area contributed by atoms with Crippen LogP contribution in [0, 0.1) is 17.2 Å². The lowest BCUT2D eigenvalue weighted by Gasteiger charge is -2.30. The number of nitrogens with one attached hydrogen (secondary N) is 1. The Morgan fingerprint density at radius 2 is 1.92 bits per heavy atom. The normalized spacial score (nSPS) is 16.0. The molecule has 0 bridgehead atoms. The second-order valence-electron chi connectivity index (χ2n) is 6.19. The lowest BCUT2D eigenvalue weighted by molar-refractivity contribution is -0.121. The van der Waals surface area contributed by atoms with Crippen molar-refractivity contribution in [1.29, 1.82) is 5.26 Å². The molecular formula is C19H21N3O2. The summed E-state index contributed by atoms with van der Waals surface area (Å²) in [6.45, 7) is 2.50. The number of phenols is 1. The lowest BCUT2D eigenvalue weighted by Crippen LogP contribution is -2.38. The number of nitriles is 1.